The molecule has 0 fully saturated rings. The maximum absolute atomic E-state index is 13.4. The van der Waals surface area contributed by atoms with Crippen molar-refractivity contribution in [2.75, 3.05) is 0 Å². The van der Waals surface area contributed by atoms with Gasteiger partial charge in [0.1, 0.15) is 6.04 Å². The molecule has 1 aromatic heterocycles. The van der Waals surface area contributed by atoms with E-state index in [1.54, 1.807) is 17.3 Å². The summed E-state index contributed by atoms with van der Waals surface area (Å²) in [5, 5.41) is 3.02. The minimum Gasteiger partial charge on any atom is -0.350 e. The van der Waals surface area contributed by atoms with Gasteiger partial charge in [0.2, 0.25) is 11.8 Å². The molecule has 0 aliphatic rings. The highest BCUT2D eigenvalue weighted by Crippen LogP contribution is 2.17. The summed E-state index contributed by atoms with van der Waals surface area (Å²) in [6.45, 7) is 4.52. The number of rotatable bonds is 9. The standard InChI is InChI=1S/C26H29N3O2/c1-20(2)26(31)29(19-23-11-7-4-8-12-23)24(17-21-9-5-3-6-10-21)25(30)28-18-22-13-15-27-16-14-22/h3-16,20,24H,17-19H2,1-2H3,(H,28,30)/t24-/m0/s1. The first-order valence-electron chi connectivity index (χ1n) is 10.6. The van der Waals surface area contributed by atoms with E-state index in [1.807, 2.05) is 86.6 Å². The van der Waals surface area contributed by atoms with Gasteiger partial charge >= 0.3 is 0 Å². The molecular formula is C26H29N3O2. The molecule has 1 heterocycles. The van der Waals surface area contributed by atoms with Crippen molar-refractivity contribution < 1.29 is 9.59 Å². The lowest BCUT2D eigenvalue weighted by Crippen LogP contribution is -2.51. The van der Waals surface area contributed by atoms with E-state index in [1.165, 1.54) is 0 Å². The Balaban J connectivity index is 1.88. The predicted molar refractivity (Wildman–Crippen MR) is 122 cm³/mol. The summed E-state index contributed by atoms with van der Waals surface area (Å²) >= 11 is 0. The molecular weight excluding hydrogens is 386 g/mol. The Morgan fingerprint density at radius 1 is 0.839 bits per heavy atom. The van der Waals surface area contributed by atoms with Crippen LogP contribution in [0, 0.1) is 5.92 Å². The molecule has 1 N–H and O–H groups in total. The lowest BCUT2D eigenvalue weighted by atomic mass is 10.0. The summed E-state index contributed by atoms with van der Waals surface area (Å²) < 4.78 is 0. The third-order valence-electron chi connectivity index (χ3n) is 5.14. The minimum absolute atomic E-state index is 0.0381. The van der Waals surface area contributed by atoms with Crippen molar-refractivity contribution in [2.45, 2.75) is 39.4 Å². The molecule has 0 spiro atoms. The van der Waals surface area contributed by atoms with Gasteiger partial charge in [-0.15, -0.1) is 0 Å². The number of carbonyl (C=O) groups excluding carboxylic acids is 2. The van der Waals surface area contributed by atoms with Crippen LogP contribution in [-0.2, 0) is 29.1 Å². The Labute approximate surface area is 184 Å². The molecule has 0 radical (unpaired) electrons. The summed E-state index contributed by atoms with van der Waals surface area (Å²) in [5.41, 5.74) is 2.98. The Morgan fingerprint density at radius 3 is 2.00 bits per heavy atom. The maximum Gasteiger partial charge on any atom is 0.243 e. The van der Waals surface area contributed by atoms with Crippen LogP contribution in [0.2, 0.25) is 0 Å². The van der Waals surface area contributed by atoms with Crippen molar-refractivity contribution in [3.8, 4) is 0 Å². The van der Waals surface area contributed by atoms with Gasteiger partial charge in [0, 0.05) is 37.8 Å². The smallest absolute Gasteiger partial charge is 0.243 e. The number of hydrogen-bond donors (Lipinski definition) is 1. The van der Waals surface area contributed by atoms with E-state index >= 15 is 0 Å². The van der Waals surface area contributed by atoms with Crippen LogP contribution >= 0.6 is 0 Å². The molecule has 2 amide bonds. The number of benzene rings is 2. The zero-order valence-corrected chi connectivity index (χ0v) is 18.1. The Hall–Kier alpha value is -3.47. The van der Waals surface area contributed by atoms with Gasteiger partial charge in [0.05, 0.1) is 0 Å². The molecule has 0 unspecified atom stereocenters. The van der Waals surface area contributed by atoms with E-state index in [0.717, 1.165) is 16.7 Å². The molecule has 160 valence electrons. The van der Waals surface area contributed by atoms with E-state index in [2.05, 4.69) is 10.3 Å². The van der Waals surface area contributed by atoms with Crippen LogP contribution in [0.25, 0.3) is 0 Å². The maximum atomic E-state index is 13.4. The van der Waals surface area contributed by atoms with Gasteiger partial charge in [-0.25, -0.2) is 0 Å². The van der Waals surface area contributed by atoms with Crippen LogP contribution < -0.4 is 5.32 Å². The largest absolute Gasteiger partial charge is 0.350 e. The summed E-state index contributed by atoms with van der Waals surface area (Å²) in [7, 11) is 0. The fourth-order valence-electron chi connectivity index (χ4n) is 3.44. The molecule has 5 heteroatoms. The SMILES string of the molecule is CC(C)C(=O)N(Cc1ccccc1)[C@@H](Cc1ccccc1)C(=O)NCc1ccncc1. The molecule has 31 heavy (non-hydrogen) atoms. The second-order valence-electron chi connectivity index (χ2n) is 7.89. The quantitative estimate of drug-likeness (QED) is 0.575. The zero-order valence-electron chi connectivity index (χ0n) is 18.1. The first-order valence-corrected chi connectivity index (χ1v) is 10.6. The fourth-order valence-corrected chi connectivity index (χ4v) is 3.44. The van der Waals surface area contributed by atoms with E-state index in [9.17, 15) is 9.59 Å². The third kappa shape index (κ3) is 6.51. The average molecular weight is 416 g/mol. The molecule has 0 saturated carbocycles. The van der Waals surface area contributed by atoms with Gasteiger partial charge in [-0.05, 0) is 28.8 Å². The number of pyridine rings is 1. The van der Waals surface area contributed by atoms with Crippen molar-refractivity contribution in [3.05, 3.63) is 102 Å². The number of nitrogens with zero attached hydrogens (tertiary/aromatic N) is 2. The van der Waals surface area contributed by atoms with E-state index in [0.29, 0.717) is 19.5 Å². The van der Waals surface area contributed by atoms with Crippen LogP contribution in [0.3, 0.4) is 0 Å². The number of hydrogen-bond acceptors (Lipinski definition) is 3. The van der Waals surface area contributed by atoms with Gasteiger partial charge in [0.25, 0.3) is 0 Å². The summed E-state index contributed by atoms with van der Waals surface area (Å²) in [5.74, 6) is -0.413. The van der Waals surface area contributed by atoms with Crippen LogP contribution in [0.1, 0.15) is 30.5 Å². The normalized spacial score (nSPS) is 11.7. The molecule has 0 bridgehead atoms. The van der Waals surface area contributed by atoms with Crippen LogP contribution in [0.15, 0.2) is 85.2 Å². The highest BCUT2D eigenvalue weighted by atomic mass is 16.2. The average Bonchev–Trinajstić information content (AvgIpc) is 2.81. The highest BCUT2D eigenvalue weighted by Gasteiger charge is 2.31. The van der Waals surface area contributed by atoms with Gasteiger partial charge < -0.3 is 10.2 Å². The van der Waals surface area contributed by atoms with E-state index in [4.69, 9.17) is 0 Å². The number of nitrogens with one attached hydrogen (secondary N) is 1. The molecule has 5 nitrogen and oxygen atoms in total. The first-order chi connectivity index (χ1) is 15.0. The number of carbonyl (C=O) groups is 2. The lowest BCUT2D eigenvalue weighted by Gasteiger charge is -2.32. The first kappa shape index (κ1) is 22.2. The summed E-state index contributed by atoms with van der Waals surface area (Å²) in [4.78, 5) is 32.3. The second-order valence-corrected chi connectivity index (χ2v) is 7.89. The van der Waals surface area contributed by atoms with Gasteiger partial charge in [-0.1, -0.05) is 74.5 Å². The molecule has 1 atom stereocenters. The number of amides is 2. The Morgan fingerprint density at radius 2 is 1.42 bits per heavy atom. The van der Waals surface area contributed by atoms with Gasteiger partial charge in [0.15, 0.2) is 0 Å². The van der Waals surface area contributed by atoms with E-state index < -0.39 is 6.04 Å². The molecule has 2 aromatic carbocycles. The molecule has 0 saturated heterocycles. The van der Waals surface area contributed by atoms with Gasteiger partial charge in [-0.3, -0.25) is 14.6 Å². The Bertz CT molecular complexity index is 960. The predicted octanol–water partition coefficient (Wildman–Crippen LogP) is 3.99. The Kier molecular flexibility index (Phi) is 7.93. The topological polar surface area (TPSA) is 62.3 Å². The summed E-state index contributed by atoms with van der Waals surface area (Å²) in [6.07, 6.45) is 3.86. The number of aromatic nitrogens is 1. The minimum atomic E-state index is -0.612. The second kappa shape index (κ2) is 11.1. The van der Waals surface area contributed by atoms with Crippen molar-refractivity contribution in [1.82, 2.24) is 15.2 Å². The zero-order chi connectivity index (χ0) is 22.1. The third-order valence-corrected chi connectivity index (χ3v) is 5.14. The molecule has 0 aliphatic heterocycles. The molecule has 3 rings (SSSR count). The van der Waals surface area contributed by atoms with Crippen molar-refractivity contribution in [3.63, 3.8) is 0 Å². The molecule has 3 aromatic rings. The summed E-state index contributed by atoms with van der Waals surface area (Å²) in [6, 6.07) is 22.8. The molecule has 0 aliphatic carbocycles. The van der Waals surface area contributed by atoms with E-state index in [-0.39, 0.29) is 17.7 Å². The lowest BCUT2D eigenvalue weighted by molar-refractivity contribution is -0.143. The van der Waals surface area contributed by atoms with Crippen LogP contribution in [-0.4, -0.2) is 27.7 Å². The van der Waals surface area contributed by atoms with Crippen molar-refractivity contribution >= 4 is 11.8 Å². The van der Waals surface area contributed by atoms with Crippen molar-refractivity contribution in [1.29, 1.82) is 0 Å². The van der Waals surface area contributed by atoms with Crippen LogP contribution in [0.4, 0.5) is 0 Å². The monoisotopic (exact) mass is 415 g/mol. The fraction of sp³-hybridized carbons (Fsp3) is 0.269. The van der Waals surface area contributed by atoms with Crippen LogP contribution in [0.5, 0.6) is 0 Å². The highest BCUT2D eigenvalue weighted by molar-refractivity contribution is 5.88. The van der Waals surface area contributed by atoms with Crippen molar-refractivity contribution in [2.24, 2.45) is 5.92 Å². The van der Waals surface area contributed by atoms with Gasteiger partial charge in [-0.2, -0.15) is 0 Å².